The van der Waals surface area contributed by atoms with Crippen molar-refractivity contribution >= 4 is 11.6 Å². The lowest BCUT2D eigenvalue weighted by Gasteiger charge is -2.21. The highest BCUT2D eigenvalue weighted by Crippen LogP contribution is 2.31. The van der Waals surface area contributed by atoms with Gasteiger partial charge in [0.15, 0.2) is 0 Å². The maximum Gasteiger partial charge on any atom is 0.124 e. The SMILES string of the molecule is O[C@@]1(c2cn[nH]n2)CCN(Cc2ccncc2Cl)C1. The lowest BCUT2D eigenvalue weighted by molar-refractivity contribution is 0.0409. The largest absolute Gasteiger partial charge is 0.382 e. The quantitative estimate of drug-likeness (QED) is 0.874. The van der Waals surface area contributed by atoms with Gasteiger partial charge in [-0.2, -0.15) is 15.4 Å². The van der Waals surface area contributed by atoms with Gasteiger partial charge in [-0.05, 0) is 18.1 Å². The molecule has 0 saturated carbocycles. The summed E-state index contributed by atoms with van der Waals surface area (Å²) in [5, 5.41) is 21.5. The molecule has 2 aromatic heterocycles. The minimum atomic E-state index is -0.924. The van der Waals surface area contributed by atoms with Gasteiger partial charge in [0.05, 0.1) is 11.2 Å². The second kappa shape index (κ2) is 4.88. The number of aliphatic hydroxyl groups is 1. The van der Waals surface area contributed by atoms with E-state index in [4.69, 9.17) is 11.6 Å². The van der Waals surface area contributed by atoms with Crippen molar-refractivity contribution in [1.82, 2.24) is 25.3 Å². The van der Waals surface area contributed by atoms with E-state index in [1.54, 1.807) is 18.6 Å². The number of H-pyrrole nitrogens is 1. The molecule has 1 aliphatic rings. The fourth-order valence-electron chi connectivity index (χ4n) is 2.41. The maximum absolute atomic E-state index is 10.6. The van der Waals surface area contributed by atoms with Gasteiger partial charge < -0.3 is 5.11 Å². The first-order valence-electron chi connectivity index (χ1n) is 6.07. The van der Waals surface area contributed by atoms with Crippen LogP contribution in [0.1, 0.15) is 17.7 Å². The summed E-state index contributed by atoms with van der Waals surface area (Å²) in [5.41, 5.74) is 0.684. The van der Waals surface area contributed by atoms with Crippen LogP contribution in [0.4, 0.5) is 0 Å². The van der Waals surface area contributed by atoms with Crippen molar-refractivity contribution in [2.45, 2.75) is 18.6 Å². The molecule has 0 bridgehead atoms. The molecule has 0 radical (unpaired) electrons. The minimum absolute atomic E-state index is 0.526. The van der Waals surface area contributed by atoms with Gasteiger partial charge in [-0.1, -0.05) is 11.6 Å². The van der Waals surface area contributed by atoms with Gasteiger partial charge in [0.1, 0.15) is 11.3 Å². The number of hydrogen-bond donors (Lipinski definition) is 2. The van der Waals surface area contributed by atoms with Crippen molar-refractivity contribution in [3.8, 4) is 0 Å². The Hall–Kier alpha value is -1.50. The highest BCUT2D eigenvalue weighted by Gasteiger charge is 2.39. The molecular formula is C12H14ClN5O. The molecule has 2 N–H and O–H groups in total. The second-order valence-electron chi connectivity index (χ2n) is 4.81. The molecule has 0 unspecified atom stereocenters. The number of halogens is 1. The van der Waals surface area contributed by atoms with Crippen LogP contribution in [-0.2, 0) is 12.1 Å². The molecule has 0 spiro atoms. The number of hydrogen-bond acceptors (Lipinski definition) is 5. The average Bonchev–Trinajstić information content (AvgIpc) is 3.03. The van der Waals surface area contributed by atoms with Crippen LogP contribution < -0.4 is 0 Å². The Bertz CT molecular complexity index is 561. The molecule has 1 fully saturated rings. The summed E-state index contributed by atoms with van der Waals surface area (Å²) in [4.78, 5) is 6.12. The predicted molar refractivity (Wildman–Crippen MR) is 69.4 cm³/mol. The summed E-state index contributed by atoms with van der Waals surface area (Å²) in [6.07, 6.45) is 5.57. The second-order valence-corrected chi connectivity index (χ2v) is 5.22. The maximum atomic E-state index is 10.6. The van der Waals surface area contributed by atoms with Crippen LogP contribution in [0, 0.1) is 0 Å². The molecule has 1 atom stereocenters. The van der Waals surface area contributed by atoms with Gasteiger partial charge >= 0.3 is 0 Å². The zero-order valence-electron chi connectivity index (χ0n) is 10.3. The Kier molecular flexibility index (Phi) is 3.22. The minimum Gasteiger partial charge on any atom is -0.382 e. The molecule has 1 saturated heterocycles. The lowest BCUT2D eigenvalue weighted by Crippen LogP contribution is -2.31. The molecule has 0 amide bonds. The number of rotatable bonds is 3. The van der Waals surface area contributed by atoms with Crippen LogP contribution in [-0.4, -0.2) is 43.5 Å². The van der Waals surface area contributed by atoms with Crippen molar-refractivity contribution in [3.63, 3.8) is 0 Å². The van der Waals surface area contributed by atoms with E-state index in [0.717, 1.165) is 12.1 Å². The van der Waals surface area contributed by atoms with Gasteiger partial charge in [0, 0.05) is 32.0 Å². The van der Waals surface area contributed by atoms with Gasteiger partial charge in [0.2, 0.25) is 0 Å². The van der Waals surface area contributed by atoms with Gasteiger partial charge in [-0.15, -0.1) is 0 Å². The number of nitrogens with one attached hydrogen (secondary N) is 1. The first kappa shape index (κ1) is 12.5. The standard InChI is InChI=1S/C12H14ClN5O/c13-10-5-14-3-1-9(10)7-18-4-2-12(19,8-18)11-6-15-17-16-11/h1,3,5-6,19H,2,4,7-8H2,(H,15,16,17)/t12-/m0/s1. The van der Waals surface area contributed by atoms with Crippen molar-refractivity contribution in [1.29, 1.82) is 0 Å². The smallest absolute Gasteiger partial charge is 0.124 e. The van der Waals surface area contributed by atoms with E-state index in [0.29, 0.717) is 30.2 Å². The third-order valence-corrected chi connectivity index (χ3v) is 3.81. The summed E-state index contributed by atoms with van der Waals surface area (Å²) < 4.78 is 0. The third-order valence-electron chi connectivity index (χ3n) is 3.47. The molecule has 3 rings (SSSR count). The summed E-state index contributed by atoms with van der Waals surface area (Å²) in [7, 11) is 0. The van der Waals surface area contributed by atoms with E-state index in [1.165, 1.54) is 0 Å². The van der Waals surface area contributed by atoms with Gasteiger partial charge in [0.25, 0.3) is 0 Å². The van der Waals surface area contributed by atoms with Crippen molar-refractivity contribution < 1.29 is 5.11 Å². The molecule has 3 heterocycles. The molecule has 2 aromatic rings. The third kappa shape index (κ3) is 2.47. The first-order valence-corrected chi connectivity index (χ1v) is 6.44. The number of aromatic nitrogens is 4. The van der Waals surface area contributed by atoms with Crippen LogP contribution in [0.15, 0.2) is 24.7 Å². The molecule has 100 valence electrons. The summed E-state index contributed by atoms with van der Waals surface area (Å²) in [5.74, 6) is 0. The number of β-amino-alcohol motifs (C(OH)–C–C–N with tert-alkyl or cyclic N) is 1. The zero-order valence-corrected chi connectivity index (χ0v) is 11.0. The van der Waals surface area contributed by atoms with Crippen molar-refractivity contribution in [3.05, 3.63) is 40.9 Å². The van der Waals surface area contributed by atoms with Crippen LogP contribution >= 0.6 is 11.6 Å². The van der Waals surface area contributed by atoms with E-state index in [2.05, 4.69) is 25.3 Å². The first-order chi connectivity index (χ1) is 9.17. The zero-order chi connectivity index (χ0) is 13.3. The van der Waals surface area contributed by atoms with E-state index in [-0.39, 0.29) is 0 Å². The molecule has 0 aliphatic carbocycles. The van der Waals surface area contributed by atoms with E-state index in [9.17, 15) is 5.11 Å². The highest BCUT2D eigenvalue weighted by atomic mass is 35.5. The molecule has 0 aromatic carbocycles. The van der Waals surface area contributed by atoms with Crippen molar-refractivity contribution in [2.75, 3.05) is 13.1 Å². The van der Waals surface area contributed by atoms with Crippen LogP contribution in [0.5, 0.6) is 0 Å². The van der Waals surface area contributed by atoms with Crippen LogP contribution in [0.3, 0.4) is 0 Å². The van der Waals surface area contributed by atoms with Gasteiger partial charge in [-0.3, -0.25) is 9.88 Å². The summed E-state index contributed by atoms with van der Waals surface area (Å²) in [6.45, 7) is 2.02. The number of pyridine rings is 1. The Labute approximate surface area is 115 Å². The lowest BCUT2D eigenvalue weighted by atomic mass is 10.00. The number of aromatic amines is 1. The van der Waals surface area contributed by atoms with Crippen LogP contribution in [0.2, 0.25) is 5.02 Å². The Morgan fingerprint density at radius 2 is 2.37 bits per heavy atom. The Morgan fingerprint density at radius 3 is 3.11 bits per heavy atom. The number of likely N-dealkylation sites (tertiary alicyclic amines) is 1. The van der Waals surface area contributed by atoms with Crippen molar-refractivity contribution in [2.24, 2.45) is 0 Å². The molecule has 7 heteroatoms. The number of nitrogens with zero attached hydrogens (tertiary/aromatic N) is 4. The molecule has 6 nitrogen and oxygen atoms in total. The summed E-state index contributed by atoms with van der Waals surface area (Å²) in [6, 6.07) is 1.90. The molecule has 19 heavy (non-hydrogen) atoms. The van der Waals surface area contributed by atoms with E-state index < -0.39 is 5.60 Å². The van der Waals surface area contributed by atoms with E-state index >= 15 is 0 Å². The van der Waals surface area contributed by atoms with Gasteiger partial charge in [-0.25, -0.2) is 0 Å². The Morgan fingerprint density at radius 1 is 1.47 bits per heavy atom. The predicted octanol–water partition coefficient (Wildman–Crippen LogP) is 0.947. The van der Waals surface area contributed by atoms with E-state index in [1.807, 2.05) is 6.07 Å². The topological polar surface area (TPSA) is 77.9 Å². The molecular weight excluding hydrogens is 266 g/mol. The highest BCUT2D eigenvalue weighted by molar-refractivity contribution is 6.31. The average molecular weight is 280 g/mol. The summed E-state index contributed by atoms with van der Waals surface area (Å²) >= 11 is 6.09. The van der Waals surface area contributed by atoms with Crippen LogP contribution in [0.25, 0.3) is 0 Å². The Balaban J connectivity index is 1.71. The fourth-order valence-corrected chi connectivity index (χ4v) is 2.59. The normalized spacial score (nSPS) is 23.9. The monoisotopic (exact) mass is 279 g/mol. The molecule has 1 aliphatic heterocycles. The fraction of sp³-hybridized carbons (Fsp3) is 0.417.